The van der Waals surface area contributed by atoms with Gasteiger partial charge in [0.05, 0.1) is 11.8 Å². The van der Waals surface area contributed by atoms with Gasteiger partial charge in [0.2, 0.25) is 11.8 Å². The van der Waals surface area contributed by atoms with E-state index in [-0.39, 0.29) is 29.7 Å². The average Bonchev–Trinajstić information content (AvgIpc) is 2.38. The Morgan fingerprint density at radius 2 is 1.64 bits per heavy atom. The van der Waals surface area contributed by atoms with E-state index in [2.05, 4.69) is 5.32 Å². The maximum Gasteiger partial charge on any atom is 0.230 e. The quantitative estimate of drug-likeness (QED) is 0.439. The Morgan fingerprint density at radius 1 is 1.18 bits per heavy atom. The molecule has 0 aromatic carbocycles. The second-order valence-electron chi connectivity index (χ2n) is 3.30. The van der Waals surface area contributed by atoms with Gasteiger partial charge in [-0.05, 0) is 12.8 Å². The van der Waals surface area contributed by atoms with Crippen molar-refractivity contribution in [2.75, 3.05) is 0 Å². The molecule has 1 aliphatic carbocycles. The molecule has 60 valence electrons. The van der Waals surface area contributed by atoms with Crippen LogP contribution in [0.15, 0.2) is 0 Å². The van der Waals surface area contributed by atoms with Crippen LogP contribution in [-0.2, 0) is 9.59 Å². The zero-order valence-electron chi connectivity index (χ0n) is 6.04. The normalized spacial score (nSPS) is 42.5. The van der Waals surface area contributed by atoms with Crippen molar-refractivity contribution in [3.05, 3.63) is 0 Å². The van der Waals surface area contributed by atoms with E-state index in [9.17, 15) is 9.59 Å². The SMILES string of the molecule is NC1CC2C(=O)NC(=O)C2C1. The third-order valence-corrected chi connectivity index (χ3v) is 2.52. The highest BCUT2D eigenvalue weighted by Crippen LogP contribution is 2.34. The predicted octanol–water partition coefficient (Wildman–Crippen LogP) is -1.00. The highest BCUT2D eigenvalue weighted by Gasteiger charge is 2.47. The first-order valence-electron chi connectivity index (χ1n) is 3.79. The summed E-state index contributed by atoms with van der Waals surface area (Å²) in [7, 11) is 0. The van der Waals surface area contributed by atoms with Crippen molar-refractivity contribution in [2.45, 2.75) is 18.9 Å². The van der Waals surface area contributed by atoms with Crippen LogP contribution in [0.5, 0.6) is 0 Å². The molecule has 11 heavy (non-hydrogen) atoms. The number of amides is 2. The smallest absolute Gasteiger partial charge is 0.230 e. The Labute approximate surface area is 64.1 Å². The first-order chi connectivity index (χ1) is 5.18. The van der Waals surface area contributed by atoms with Gasteiger partial charge in [-0.25, -0.2) is 0 Å². The molecule has 0 radical (unpaired) electrons. The molecule has 2 aliphatic rings. The maximum atomic E-state index is 11.0. The van der Waals surface area contributed by atoms with Crippen molar-refractivity contribution in [1.82, 2.24) is 5.32 Å². The third kappa shape index (κ3) is 0.860. The zero-order chi connectivity index (χ0) is 8.01. The maximum absolute atomic E-state index is 11.0. The summed E-state index contributed by atoms with van der Waals surface area (Å²) in [6.45, 7) is 0. The lowest BCUT2D eigenvalue weighted by atomic mass is 10.00. The van der Waals surface area contributed by atoms with Gasteiger partial charge < -0.3 is 5.73 Å². The van der Waals surface area contributed by atoms with Crippen LogP contribution in [0.25, 0.3) is 0 Å². The molecule has 4 nitrogen and oxygen atoms in total. The fourth-order valence-electron chi connectivity index (χ4n) is 1.96. The number of hydrogen-bond acceptors (Lipinski definition) is 3. The fourth-order valence-corrected chi connectivity index (χ4v) is 1.96. The summed E-state index contributed by atoms with van der Waals surface area (Å²) < 4.78 is 0. The van der Waals surface area contributed by atoms with Gasteiger partial charge in [0.1, 0.15) is 0 Å². The van der Waals surface area contributed by atoms with Crippen molar-refractivity contribution in [2.24, 2.45) is 17.6 Å². The molecule has 1 heterocycles. The minimum absolute atomic E-state index is 0.0417. The van der Waals surface area contributed by atoms with E-state index in [1.54, 1.807) is 0 Å². The van der Waals surface area contributed by atoms with Crippen LogP contribution in [-0.4, -0.2) is 17.9 Å². The molecule has 2 atom stereocenters. The molecule has 2 amide bonds. The molecule has 1 aliphatic heterocycles. The topological polar surface area (TPSA) is 72.2 Å². The van der Waals surface area contributed by atoms with Crippen molar-refractivity contribution < 1.29 is 9.59 Å². The molecule has 0 spiro atoms. The molecule has 0 bridgehead atoms. The number of carbonyl (C=O) groups is 2. The van der Waals surface area contributed by atoms with Gasteiger partial charge in [-0.2, -0.15) is 0 Å². The van der Waals surface area contributed by atoms with Crippen molar-refractivity contribution >= 4 is 11.8 Å². The third-order valence-electron chi connectivity index (χ3n) is 2.52. The minimum atomic E-state index is -0.132. The first kappa shape index (κ1) is 6.79. The molecule has 2 unspecified atom stereocenters. The second kappa shape index (κ2) is 2.04. The van der Waals surface area contributed by atoms with Crippen LogP contribution in [0.3, 0.4) is 0 Å². The van der Waals surface area contributed by atoms with Gasteiger partial charge in [-0.1, -0.05) is 0 Å². The Hall–Kier alpha value is -0.900. The number of nitrogens with one attached hydrogen (secondary N) is 1. The van der Waals surface area contributed by atoms with E-state index in [4.69, 9.17) is 5.73 Å². The number of carbonyl (C=O) groups excluding carboxylic acids is 2. The van der Waals surface area contributed by atoms with E-state index in [1.165, 1.54) is 0 Å². The molecule has 0 aromatic rings. The van der Waals surface area contributed by atoms with Gasteiger partial charge in [0.25, 0.3) is 0 Å². The van der Waals surface area contributed by atoms with E-state index in [0.717, 1.165) is 0 Å². The van der Waals surface area contributed by atoms with Crippen molar-refractivity contribution in [3.63, 3.8) is 0 Å². The standard InChI is InChI=1S/C7H10N2O2/c8-3-1-4-5(2-3)7(11)9-6(4)10/h3-5H,1-2,8H2,(H,9,10,11). The first-order valence-corrected chi connectivity index (χ1v) is 3.79. The van der Waals surface area contributed by atoms with Crippen molar-refractivity contribution in [1.29, 1.82) is 0 Å². The van der Waals surface area contributed by atoms with Gasteiger partial charge in [-0.3, -0.25) is 14.9 Å². The summed E-state index contributed by atoms with van der Waals surface area (Å²) in [5.41, 5.74) is 5.62. The highest BCUT2D eigenvalue weighted by atomic mass is 16.2. The lowest BCUT2D eigenvalue weighted by Crippen LogP contribution is -2.27. The summed E-state index contributed by atoms with van der Waals surface area (Å²) >= 11 is 0. The molecule has 0 aromatic heterocycles. The van der Waals surface area contributed by atoms with Gasteiger partial charge in [0, 0.05) is 6.04 Å². The van der Waals surface area contributed by atoms with Crippen molar-refractivity contribution in [3.8, 4) is 0 Å². The molecular formula is C7H10N2O2. The summed E-state index contributed by atoms with van der Waals surface area (Å²) in [6.07, 6.45) is 1.34. The minimum Gasteiger partial charge on any atom is -0.328 e. The van der Waals surface area contributed by atoms with Gasteiger partial charge in [-0.15, -0.1) is 0 Å². The van der Waals surface area contributed by atoms with E-state index < -0.39 is 0 Å². The lowest BCUT2D eigenvalue weighted by molar-refractivity contribution is -0.126. The number of hydrogen-bond donors (Lipinski definition) is 2. The number of rotatable bonds is 0. The summed E-state index contributed by atoms with van der Waals surface area (Å²) in [5.74, 6) is -0.518. The summed E-state index contributed by atoms with van der Waals surface area (Å²) in [4.78, 5) is 22.0. The fraction of sp³-hybridized carbons (Fsp3) is 0.714. The Morgan fingerprint density at radius 3 is 2.09 bits per heavy atom. The number of nitrogens with two attached hydrogens (primary N) is 1. The number of fused-ring (bicyclic) bond motifs is 1. The summed E-state index contributed by atoms with van der Waals surface area (Å²) in [5, 5.41) is 2.31. The molecule has 1 saturated heterocycles. The van der Waals surface area contributed by atoms with Crippen LogP contribution < -0.4 is 11.1 Å². The van der Waals surface area contributed by atoms with Crippen LogP contribution in [0.1, 0.15) is 12.8 Å². The van der Waals surface area contributed by atoms with Crippen LogP contribution in [0.2, 0.25) is 0 Å². The van der Waals surface area contributed by atoms with Crippen LogP contribution in [0.4, 0.5) is 0 Å². The number of imide groups is 1. The molecule has 2 rings (SSSR count). The van der Waals surface area contributed by atoms with E-state index in [0.29, 0.717) is 12.8 Å². The average molecular weight is 154 g/mol. The highest BCUT2D eigenvalue weighted by molar-refractivity contribution is 6.05. The Kier molecular flexibility index (Phi) is 1.26. The lowest BCUT2D eigenvalue weighted by Gasteiger charge is -2.00. The van der Waals surface area contributed by atoms with Crippen LogP contribution in [0, 0.1) is 11.8 Å². The summed E-state index contributed by atoms with van der Waals surface area (Å²) in [6, 6.07) is 0.0417. The molecule has 4 heteroatoms. The Balaban J connectivity index is 2.23. The molecular weight excluding hydrogens is 144 g/mol. The second-order valence-corrected chi connectivity index (χ2v) is 3.30. The molecule has 3 N–H and O–H groups in total. The molecule has 1 saturated carbocycles. The zero-order valence-corrected chi connectivity index (χ0v) is 6.04. The molecule has 2 fully saturated rings. The van der Waals surface area contributed by atoms with Gasteiger partial charge in [0.15, 0.2) is 0 Å². The Bertz CT molecular complexity index is 204. The van der Waals surface area contributed by atoms with E-state index >= 15 is 0 Å². The monoisotopic (exact) mass is 154 g/mol. The van der Waals surface area contributed by atoms with E-state index in [1.807, 2.05) is 0 Å². The predicted molar refractivity (Wildman–Crippen MR) is 37.3 cm³/mol. The largest absolute Gasteiger partial charge is 0.328 e. The van der Waals surface area contributed by atoms with Gasteiger partial charge >= 0.3 is 0 Å². The van der Waals surface area contributed by atoms with Crippen LogP contribution >= 0.6 is 0 Å².